The molecule has 26 heavy (non-hydrogen) atoms. The van der Waals surface area contributed by atoms with Crippen LogP contribution in [-0.2, 0) is 0 Å². The Labute approximate surface area is 157 Å². The van der Waals surface area contributed by atoms with Gasteiger partial charge in [0.1, 0.15) is 10.8 Å². The number of rotatable bonds is 2. The molecule has 3 nitrogen and oxygen atoms in total. The first-order valence-corrected chi connectivity index (χ1v) is 10.2. The Morgan fingerprint density at radius 1 is 1.12 bits per heavy atom. The minimum atomic E-state index is -0.276. The Kier molecular flexibility index (Phi) is 3.76. The highest BCUT2D eigenvalue weighted by Crippen LogP contribution is 2.38. The van der Waals surface area contributed by atoms with Crippen molar-refractivity contribution in [2.75, 3.05) is 6.54 Å². The van der Waals surface area contributed by atoms with Crippen LogP contribution in [0.5, 0.6) is 0 Å². The van der Waals surface area contributed by atoms with E-state index in [0.29, 0.717) is 10.3 Å². The highest BCUT2D eigenvalue weighted by Gasteiger charge is 2.33. The lowest BCUT2D eigenvalue weighted by Gasteiger charge is -2.22. The molecule has 1 saturated heterocycles. The third kappa shape index (κ3) is 2.52. The smallest absolute Gasteiger partial charge is 0.264 e. The van der Waals surface area contributed by atoms with Crippen molar-refractivity contribution < 1.29 is 9.18 Å². The SMILES string of the molecule is O=C(c1cc2c(F)cccc2s1)N1CCC[C@H]1c1nc2ccccc2s1. The van der Waals surface area contributed by atoms with E-state index in [2.05, 4.69) is 6.07 Å². The van der Waals surface area contributed by atoms with Gasteiger partial charge in [-0.2, -0.15) is 0 Å². The summed E-state index contributed by atoms with van der Waals surface area (Å²) in [6.07, 6.45) is 1.89. The molecule has 0 spiro atoms. The number of hydrogen-bond donors (Lipinski definition) is 0. The van der Waals surface area contributed by atoms with Gasteiger partial charge in [-0.25, -0.2) is 9.37 Å². The van der Waals surface area contributed by atoms with Crippen molar-refractivity contribution in [1.82, 2.24) is 9.88 Å². The molecule has 130 valence electrons. The van der Waals surface area contributed by atoms with Crippen LogP contribution in [0.3, 0.4) is 0 Å². The number of benzene rings is 2. The molecule has 0 radical (unpaired) electrons. The highest BCUT2D eigenvalue weighted by molar-refractivity contribution is 7.20. The summed E-state index contributed by atoms with van der Waals surface area (Å²) >= 11 is 3.02. The molecule has 2 aromatic carbocycles. The Balaban J connectivity index is 1.51. The van der Waals surface area contributed by atoms with Crippen LogP contribution in [0, 0.1) is 5.82 Å². The molecule has 3 heterocycles. The lowest BCUT2D eigenvalue weighted by molar-refractivity contribution is 0.0740. The van der Waals surface area contributed by atoms with Crippen LogP contribution >= 0.6 is 22.7 Å². The molecule has 0 aliphatic carbocycles. The van der Waals surface area contributed by atoms with Crippen molar-refractivity contribution in [3.8, 4) is 0 Å². The molecule has 1 atom stereocenters. The monoisotopic (exact) mass is 382 g/mol. The summed E-state index contributed by atoms with van der Waals surface area (Å²) < 4.78 is 15.9. The van der Waals surface area contributed by atoms with Crippen molar-refractivity contribution in [2.45, 2.75) is 18.9 Å². The predicted octanol–water partition coefficient (Wildman–Crippen LogP) is 5.63. The van der Waals surface area contributed by atoms with E-state index in [1.54, 1.807) is 23.5 Å². The van der Waals surface area contributed by atoms with E-state index in [-0.39, 0.29) is 17.8 Å². The summed E-state index contributed by atoms with van der Waals surface area (Å²) in [5, 5.41) is 1.51. The molecule has 1 amide bonds. The molecule has 0 unspecified atom stereocenters. The molecule has 1 fully saturated rings. The quantitative estimate of drug-likeness (QED) is 0.450. The van der Waals surface area contributed by atoms with Gasteiger partial charge in [0.05, 0.1) is 21.1 Å². The van der Waals surface area contributed by atoms with E-state index >= 15 is 0 Å². The van der Waals surface area contributed by atoms with Gasteiger partial charge in [0, 0.05) is 16.6 Å². The highest BCUT2D eigenvalue weighted by atomic mass is 32.1. The zero-order chi connectivity index (χ0) is 17.7. The summed E-state index contributed by atoms with van der Waals surface area (Å²) in [4.78, 5) is 20.4. The summed E-state index contributed by atoms with van der Waals surface area (Å²) in [7, 11) is 0. The lowest BCUT2D eigenvalue weighted by atomic mass is 10.2. The number of carbonyl (C=O) groups is 1. The second-order valence-electron chi connectivity index (χ2n) is 6.44. The summed E-state index contributed by atoms with van der Waals surface area (Å²) in [6, 6.07) is 14.7. The minimum absolute atomic E-state index is 0.00922. The van der Waals surface area contributed by atoms with Crippen molar-refractivity contribution in [1.29, 1.82) is 0 Å². The molecule has 2 aromatic heterocycles. The first-order valence-electron chi connectivity index (χ1n) is 8.55. The number of para-hydroxylation sites is 1. The van der Waals surface area contributed by atoms with Crippen LogP contribution in [-0.4, -0.2) is 22.3 Å². The van der Waals surface area contributed by atoms with Gasteiger partial charge < -0.3 is 4.90 Å². The topological polar surface area (TPSA) is 33.2 Å². The zero-order valence-electron chi connectivity index (χ0n) is 13.8. The van der Waals surface area contributed by atoms with E-state index in [9.17, 15) is 9.18 Å². The largest absolute Gasteiger partial charge is 0.328 e. The molecule has 1 aliphatic rings. The molecule has 5 rings (SSSR count). The molecule has 0 bridgehead atoms. The number of fused-ring (bicyclic) bond motifs is 2. The number of halogens is 1. The molecule has 1 aliphatic heterocycles. The first-order chi connectivity index (χ1) is 12.7. The first kappa shape index (κ1) is 15.9. The number of carbonyl (C=O) groups excluding carboxylic acids is 1. The van der Waals surface area contributed by atoms with Gasteiger partial charge in [-0.3, -0.25) is 4.79 Å². The number of thiophene rings is 1. The third-order valence-corrected chi connectivity index (χ3v) is 7.05. The molecule has 6 heteroatoms. The van der Waals surface area contributed by atoms with Crippen LogP contribution in [0.2, 0.25) is 0 Å². The number of nitrogens with zero attached hydrogens (tertiary/aromatic N) is 2. The van der Waals surface area contributed by atoms with E-state index in [4.69, 9.17) is 4.98 Å². The Morgan fingerprint density at radius 3 is 2.81 bits per heavy atom. The molecule has 4 aromatic rings. The van der Waals surface area contributed by atoms with E-state index in [1.807, 2.05) is 29.2 Å². The van der Waals surface area contributed by atoms with Gasteiger partial charge >= 0.3 is 0 Å². The maximum atomic E-state index is 14.0. The fourth-order valence-corrected chi connectivity index (χ4v) is 5.72. The number of amides is 1. The Morgan fingerprint density at radius 2 is 1.96 bits per heavy atom. The average molecular weight is 382 g/mol. The molecule has 0 saturated carbocycles. The van der Waals surface area contributed by atoms with Crippen LogP contribution in [0.4, 0.5) is 4.39 Å². The second kappa shape index (κ2) is 6.14. The number of thiazole rings is 1. The summed E-state index contributed by atoms with van der Waals surface area (Å²) in [5.41, 5.74) is 0.982. The maximum absolute atomic E-state index is 14.0. The van der Waals surface area contributed by atoms with Crippen molar-refractivity contribution >= 4 is 48.9 Å². The molecule has 0 N–H and O–H groups in total. The predicted molar refractivity (Wildman–Crippen MR) is 104 cm³/mol. The Hall–Kier alpha value is -2.31. The van der Waals surface area contributed by atoms with Gasteiger partial charge in [0.2, 0.25) is 0 Å². The standard InChI is InChI=1S/C20H15FN2OS2/c21-13-5-3-9-16-12(13)11-18(25-16)20(24)23-10-4-7-15(23)19-22-14-6-1-2-8-17(14)26-19/h1-3,5-6,8-9,11,15H,4,7,10H2/t15-/m0/s1. The van der Waals surface area contributed by atoms with Gasteiger partial charge in [0.25, 0.3) is 5.91 Å². The second-order valence-corrected chi connectivity index (χ2v) is 8.58. The Bertz CT molecular complexity index is 1100. The van der Waals surface area contributed by atoms with Gasteiger partial charge in [-0.05, 0) is 43.2 Å². The molecular weight excluding hydrogens is 367 g/mol. The normalized spacial score (nSPS) is 17.4. The van der Waals surface area contributed by atoms with Gasteiger partial charge in [-0.15, -0.1) is 22.7 Å². The molecular formula is C20H15FN2OS2. The van der Waals surface area contributed by atoms with Gasteiger partial charge in [-0.1, -0.05) is 18.2 Å². The van der Waals surface area contributed by atoms with Crippen molar-refractivity contribution in [2.24, 2.45) is 0 Å². The van der Waals surface area contributed by atoms with Crippen LogP contribution in [0.15, 0.2) is 48.5 Å². The zero-order valence-corrected chi connectivity index (χ0v) is 15.4. The average Bonchev–Trinajstić information content (AvgIpc) is 3.37. The van der Waals surface area contributed by atoms with Crippen LogP contribution in [0.25, 0.3) is 20.3 Å². The number of aromatic nitrogens is 1. The number of likely N-dealkylation sites (tertiary alicyclic amines) is 1. The van der Waals surface area contributed by atoms with Crippen LogP contribution < -0.4 is 0 Å². The summed E-state index contributed by atoms with van der Waals surface area (Å²) in [6.45, 7) is 0.718. The van der Waals surface area contributed by atoms with E-state index in [1.165, 1.54) is 17.4 Å². The number of hydrogen-bond acceptors (Lipinski definition) is 4. The van der Waals surface area contributed by atoms with Crippen molar-refractivity contribution in [3.63, 3.8) is 0 Å². The maximum Gasteiger partial charge on any atom is 0.264 e. The van der Waals surface area contributed by atoms with E-state index in [0.717, 1.165) is 39.3 Å². The summed E-state index contributed by atoms with van der Waals surface area (Å²) in [5.74, 6) is -0.297. The minimum Gasteiger partial charge on any atom is -0.328 e. The van der Waals surface area contributed by atoms with Gasteiger partial charge in [0.15, 0.2) is 0 Å². The lowest BCUT2D eigenvalue weighted by Crippen LogP contribution is -2.29. The fourth-order valence-electron chi connectivity index (χ4n) is 3.57. The fraction of sp³-hybridized carbons (Fsp3) is 0.200. The van der Waals surface area contributed by atoms with Crippen LogP contribution in [0.1, 0.15) is 33.6 Å². The van der Waals surface area contributed by atoms with E-state index < -0.39 is 0 Å². The van der Waals surface area contributed by atoms with Crippen molar-refractivity contribution in [3.05, 3.63) is 64.2 Å². The third-order valence-electron chi connectivity index (χ3n) is 4.83.